The number of carbonyl (C=O) groups excluding carboxylic acids is 1. The minimum Gasteiger partial charge on any atom is -0.493 e. The Morgan fingerprint density at radius 2 is 1.83 bits per heavy atom. The lowest BCUT2D eigenvalue weighted by Crippen LogP contribution is -2.43. The molecule has 24 heavy (non-hydrogen) atoms. The summed E-state index contributed by atoms with van der Waals surface area (Å²) in [5.41, 5.74) is 2.40. The van der Waals surface area contributed by atoms with E-state index in [0.717, 1.165) is 62.6 Å². The molecule has 3 rings (SSSR count). The second kappa shape index (κ2) is 7.85. The molecule has 0 saturated carbocycles. The van der Waals surface area contributed by atoms with E-state index in [4.69, 9.17) is 9.47 Å². The summed E-state index contributed by atoms with van der Waals surface area (Å²) in [4.78, 5) is 16.9. The van der Waals surface area contributed by atoms with E-state index >= 15 is 0 Å². The molecule has 0 radical (unpaired) electrons. The first-order chi connectivity index (χ1) is 11.7. The highest BCUT2D eigenvalue weighted by atomic mass is 16.5. The Morgan fingerprint density at radius 1 is 1.08 bits per heavy atom. The molecule has 1 aromatic rings. The number of methoxy groups -OCH3 is 2. The van der Waals surface area contributed by atoms with Crippen molar-refractivity contribution < 1.29 is 14.3 Å². The Kier molecular flexibility index (Phi) is 5.58. The summed E-state index contributed by atoms with van der Waals surface area (Å²) < 4.78 is 10.8. The zero-order chi connectivity index (χ0) is 16.9. The van der Waals surface area contributed by atoms with Crippen LogP contribution >= 0.6 is 0 Å². The van der Waals surface area contributed by atoms with E-state index in [2.05, 4.69) is 10.2 Å². The van der Waals surface area contributed by atoms with Crippen LogP contribution in [0, 0.1) is 0 Å². The van der Waals surface area contributed by atoms with Gasteiger partial charge >= 0.3 is 0 Å². The monoisotopic (exact) mass is 333 g/mol. The summed E-state index contributed by atoms with van der Waals surface area (Å²) in [6.07, 6.45) is 1.97. The highest BCUT2D eigenvalue weighted by Gasteiger charge is 2.24. The fourth-order valence-electron chi connectivity index (χ4n) is 3.45. The number of carbonyl (C=O) groups is 1. The molecule has 2 aliphatic heterocycles. The number of nitrogens with zero attached hydrogens (tertiary/aromatic N) is 2. The van der Waals surface area contributed by atoms with Crippen LogP contribution in [0.25, 0.3) is 0 Å². The summed E-state index contributed by atoms with van der Waals surface area (Å²) in [5.74, 6) is 1.70. The molecule has 0 aromatic heterocycles. The Bertz CT molecular complexity index is 583. The Morgan fingerprint density at radius 3 is 2.58 bits per heavy atom. The third-order valence-corrected chi connectivity index (χ3v) is 4.86. The molecule has 0 bridgehead atoms. The molecule has 0 aliphatic carbocycles. The number of hydrogen-bond donors (Lipinski definition) is 1. The van der Waals surface area contributed by atoms with Gasteiger partial charge in [0.05, 0.1) is 20.8 Å². The smallest absolute Gasteiger partial charge is 0.237 e. The summed E-state index contributed by atoms with van der Waals surface area (Å²) in [6.45, 7) is 5.89. The van der Waals surface area contributed by atoms with Gasteiger partial charge in [-0.2, -0.15) is 0 Å². The first kappa shape index (κ1) is 17.0. The van der Waals surface area contributed by atoms with Gasteiger partial charge in [-0.05, 0) is 49.2 Å². The summed E-state index contributed by atoms with van der Waals surface area (Å²) in [5, 5.41) is 3.37. The molecule has 1 saturated heterocycles. The second-order valence-corrected chi connectivity index (χ2v) is 6.42. The molecular formula is C18H27N3O3. The molecule has 2 aliphatic rings. The molecular weight excluding hydrogens is 306 g/mol. The number of hydrogen-bond acceptors (Lipinski definition) is 5. The van der Waals surface area contributed by atoms with E-state index in [-0.39, 0.29) is 5.91 Å². The van der Waals surface area contributed by atoms with E-state index in [1.54, 1.807) is 14.2 Å². The zero-order valence-corrected chi connectivity index (χ0v) is 14.6. The van der Waals surface area contributed by atoms with Crippen molar-refractivity contribution in [1.29, 1.82) is 0 Å². The van der Waals surface area contributed by atoms with Crippen molar-refractivity contribution in [2.75, 3.05) is 53.5 Å². The van der Waals surface area contributed by atoms with E-state index in [1.165, 1.54) is 5.56 Å². The van der Waals surface area contributed by atoms with Crippen LogP contribution < -0.4 is 14.8 Å². The molecule has 1 aromatic carbocycles. The van der Waals surface area contributed by atoms with Crippen LogP contribution in [0.1, 0.15) is 17.5 Å². The summed E-state index contributed by atoms with van der Waals surface area (Å²) in [7, 11) is 3.29. The van der Waals surface area contributed by atoms with Gasteiger partial charge in [0.25, 0.3) is 0 Å². The lowest BCUT2D eigenvalue weighted by Gasteiger charge is -2.31. The van der Waals surface area contributed by atoms with Crippen molar-refractivity contribution in [3.63, 3.8) is 0 Å². The average Bonchev–Trinajstić information content (AvgIpc) is 2.88. The van der Waals surface area contributed by atoms with Crippen LogP contribution in [-0.2, 0) is 17.8 Å². The lowest BCUT2D eigenvalue weighted by atomic mass is 9.98. The average molecular weight is 333 g/mol. The van der Waals surface area contributed by atoms with Gasteiger partial charge in [-0.1, -0.05) is 0 Å². The van der Waals surface area contributed by atoms with Crippen molar-refractivity contribution in [2.24, 2.45) is 0 Å². The maximum absolute atomic E-state index is 12.7. The minimum absolute atomic E-state index is 0.220. The number of amides is 1. The van der Waals surface area contributed by atoms with Crippen molar-refractivity contribution >= 4 is 5.91 Å². The number of ether oxygens (including phenoxy) is 2. The van der Waals surface area contributed by atoms with Gasteiger partial charge in [0.15, 0.2) is 11.5 Å². The number of benzene rings is 1. The Labute approximate surface area is 143 Å². The Hall–Kier alpha value is -1.79. The molecule has 6 heteroatoms. The van der Waals surface area contributed by atoms with Gasteiger partial charge in [-0.25, -0.2) is 0 Å². The lowest BCUT2D eigenvalue weighted by molar-refractivity contribution is -0.133. The van der Waals surface area contributed by atoms with Crippen LogP contribution in [0.2, 0.25) is 0 Å². The van der Waals surface area contributed by atoms with Gasteiger partial charge in [0.2, 0.25) is 5.91 Å². The third-order valence-electron chi connectivity index (χ3n) is 4.86. The summed E-state index contributed by atoms with van der Waals surface area (Å²) in [6, 6.07) is 4.04. The van der Waals surface area contributed by atoms with Crippen LogP contribution in [0.4, 0.5) is 0 Å². The fraction of sp³-hybridized carbons (Fsp3) is 0.611. The van der Waals surface area contributed by atoms with Gasteiger partial charge in [-0.15, -0.1) is 0 Å². The van der Waals surface area contributed by atoms with E-state index < -0.39 is 0 Å². The van der Waals surface area contributed by atoms with Crippen molar-refractivity contribution in [3.8, 4) is 11.5 Å². The zero-order valence-electron chi connectivity index (χ0n) is 14.6. The van der Waals surface area contributed by atoms with Crippen molar-refractivity contribution in [3.05, 3.63) is 23.3 Å². The van der Waals surface area contributed by atoms with E-state index in [9.17, 15) is 4.79 Å². The third kappa shape index (κ3) is 3.82. The predicted molar refractivity (Wildman–Crippen MR) is 92.6 cm³/mol. The molecule has 1 N–H and O–H groups in total. The molecule has 0 unspecified atom stereocenters. The highest BCUT2D eigenvalue weighted by molar-refractivity contribution is 5.78. The molecule has 1 fully saturated rings. The molecule has 1 amide bonds. The number of fused-ring (bicyclic) bond motifs is 1. The van der Waals surface area contributed by atoms with Crippen LogP contribution in [0.3, 0.4) is 0 Å². The standard InChI is InChI=1S/C18H27N3O3/c1-23-16-10-14-4-8-21(12-15(14)11-17(16)24-2)18(22)13-20-7-3-5-19-6-9-20/h10-11,19H,3-9,12-13H2,1-2H3. The predicted octanol–water partition coefficient (Wildman–Crippen LogP) is 0.884. The van der Waals surface area contributed by atoms with Gasteiger partial charge < -0.3 is 19.7 Å². The largest absolute Gasteiger partial charge is 0.493 e. The highest BCUT2D eigenvalue weighted by Crippen LogP contribution is 2.33. The van der Waals surface area contributed by atoms with Crippen LogP contribution in [-0.4, -0.2) is 69.2 Å². The van der Waals surface area contributed by atoms with Gasteiger partial charge in [-0.3, -0.25) is 9.69 Å². The van der Waals surface area contributed by atoms with Crippen LogP contribution in [0.5, 0.6) is 11.5 Å². The molecule has 0 atom stereocenters. The summed E-state index contributed by atoms with van der Waals surface area (Å²) >= 11 is 0. The normalized spacial score (nSPS) is 18.7. The second-order valence-electron chi connectivity index (χ2n) is 6.42. The van der Waals surface area contributed by atoms with E-state index in [0.29, 0.717) is 13.1 Å². The van der Waals surface area contributed by atoms with Crippen LogP contribution in [0.15, 0.2) is 12.1 Å². The Balaban J connectivity index is 1.66. The number of nitrogens with one attached hydrogen (secondary N) is 1. The maximum Gasteiger partial charge on any atom is 0.237 e. The minimum atomic E-state index is 0.220. The molecule has 0 spiro atoms. The first-order valence-corrected chi connectivity index (χ1v) is 8.66. The van der Waals surface area contributed by atoms with Gasteiger partial charge in [0.1, 0.15) is 0 Å². The maximum atomic E-state index is 12.7. The quantitative estimate of drug-likeness (QED) is 0.887. The van der Waals surface area contributed by atoms with Crippen molar-refractivity contribution in [1.82, 2.24) is 15.1 Å². The molecule has 6 nitrogen and oxygen atoms in total. The first-order valence-electron chi connectivity index (χ1n) is 8.66. The van der Waals surface area contributed by atoms with E-state index in [1.807, 2.05) is 17.0 Å². The fourth-order valence-corrected chi connectivity index (χ4v) is 3.45. The number of rotatable bonds is 4. The van der Waals surface area contributed by atoms with Gasteiger partial charge in [0, 0.05) is 26.2 Å². The van der Waals surface area contributed by atoms with Crippen molar-refractivity contribution in [2.45, 2.75) is 19.4 Å². The topological polar surface area (TPSA) is 54.0 Å². The molecule has 132 valence electrons. The SMILES string of the molecule is COc1cc2c(cc1OC)CN(C(=O)CN1CCCNCC1)CC2. The molecule has 2 heterocycles.